The van der Waals surface area contributed by atoms with E-state index in [4.69, 9.17) is 4.74 Å². The largest absolute Gasteiger partial charge is 0.377 e. The Morgan fingerprint density at radius 1 is 1.47 bits per heavy atom. The maximum Gasteiger partial charge on any atom is 0.226 e. The molecule has 1 N–H and O–H groups in total. The van der Waals surface area contributed by atoms with Gasteiger partial charge in [-0.15, -0.1) is 0 Å². The van der Waals surface area contributed by atoms with Crippen molar-refractivity contribution in [2.45, 2.75) is 52.1 Å². The molecule has 0 aromatic rings. The van der Waals surface area contributed by atoms with Gasteiger partial charge >= 0.3 is 0 Å². The average Bonchev–Trinajstić information content (AvgIpc) is 2.38. The summed E-state index contributed by atoms with van der Waals surface area (Å²) in [4.78, 5) is 14.8. The second kappa shape index (κ2) is 6.71. The Labute approximate surface area is 116 Å². The average molecular weight is 268 g/mol. The van der Waals surface area contributed by atoms with E-state index in [0.717, 1.165) is 32.4 Å². The fourth-order valence-corrected chi connectivity index (χ4v) is 3.28. The zero-order valence-electron chi connectivity index (χ0n) is 12.5. The molecule has 0 spiro atoms. The quantitative estimate of drug-likeness (QED) is 0.846. The highest BCUT2D eigenvalue weighted by Gasteiger charge is 2.33. The number of piperidine rings is 1. The first-order chi connectivity index (χ1) is 9.08. The van der Waals surface area contributed by atoms with Crippen LogP contribution in [0, 0.1) is 11.8 Å². The van der Waals surface area contributed by atoms with Gasteiger partial charge in [-0.25, -0.2) is 0 Å². The van der Waals surface area contributed by atoms with Gasteiger partial charge in [-0.1, -0.05) is 13.8 Å². The Balaban J connectivity index is 1.98. The maximum absolute atomic E-state index is 12.7. The standard InChI is InChI=1S/C15H28N2O2/c1-11(2)8-14-10-19-7-6-17(14)15(18)13-4-5-16-12(3)9-13/h11-14,16H,4-10H2,1-3H3/t12-,13-,14?/m0/s1. The lowest BCUT2D eigenvalue weighted by Gasteiger charge is -2.40. The van der Waals surface area contributed by atoms with Gasteiger partial charge < -0.3 is 15.0 Å². The molecule has 2 heterocycles. The Morgan fingerprint density at radius 2 is 2.26 bits per heavy atom. The molecule has 2 fully saturated rings. The molecule has 3 atom stereocenters. The molecule has 19 heavy (non-hydrogen) atoms. The van der Waals surface area contributed by atoms with Gasteiger partial charge in [-0.05, 0) is 38.6 Å². The van der Waals surface area contributed by atoms with Gasteiger partial charge in [0.05, 0.1) is 19.3 Å². The van der Waals surface area contributed by atoms with Crippen molar-refractivity contribution in [3.63, 3.8) is 0 Å². The van der Waals surface area contributed by atoms with Crippen LogP contribution >= 0.6 is 0 Å². The first kappa shape index (κ1) is 14.8. The van der Waals surface area contributed by atoms with Gasteiger partial charge in [-0.2, -0.15) is 0 Å². The Morgan fingerprint density at radius 3 is 2.95 bits per heavy atom. The summed E-state index contributed by atoms with van der Waals surface area (Å²) in [6.45, 7) is 9.74. The van der Waals surface area contributed by atoms with Crippen LogP contribution in [0.5, 0.6) is 0 Å². The first-order valence-electron chi connectivity index (χ1n) is 7.69. The lowest BCUT2D eigenvalue weighted by Crippen LogP contribution is -2.53. The number of carbonyl (C=O) groups is 1. The molecule has 0 saturated carbocycles. The fourth-order valence-electron chi connectivity index (χ4n) is 3.28. The minimum atomic E-state index is 0.212. The summed E-state index contributed by atoms with van der Waals surface area (Å²) in [6, 6.07) is 0.749. The molecule has 1 unspecified atom stereocenters. The van der Waals surface area contributed by atoms with E-state index in [2.05, 4.69) is 31.0 Å². The van der Waals surface area contributed by atoms with Crippen LogP contribution in [0.15, 0.2) is 0 Å². The summed E-state index contributed by atoms with van der Waals surface area (Å²) >= 11 is 0. The number of hydrogen-bond donors (Lipinski definition) is 1. The number of ether oxygens (including phenoxy) is 1. The number of hydrogen-bond acceptors (Lipinski definition) is 3. The number of morpholine rings is 1. The first-order valence-corrected chi connectivity index (χ1v) is 7.69. The molecule has 0 aromatic carbocycles. The van der Waals surface area contributed by atoms with Crippen molar-refractivity contribution in [2.75, 3.05) is 26.3 Å². The van der Waals surface area contributed by atoms with Crippen LogP contribution in [0.3, 0.4) is 0 Å². The predicted octanol–water partition coefficient (Wildman–Crippen LogP) is 1.65. The van der Waals surface area contributed by atoms with E-state index < -0.39 is 0 Å². The molecule has 0 bridgehead atoms. The van der Waals surface area contributed by atoms with Gasteiger partial charge in [0.2, 0.25) is 5.91 Å². The van der Waals surface area contributed by atoms with Crippen LogP contribution in [0.25, 0.3) is 0 Å². The molecule has 0 aliphatic carbocycles. The maximum atomic E-state index is 12.7. The second-order valence-electron chi connectivity index (χ2n) is 6.47. The van der Waals surface area contributed by atoms with Crippen LogP contribution < -0.4 is 5.32 Å². The fraction of sp³-hybridized carbons (Fsp3) is 0.933. The summed E-state index contributed by atoms with van der Waals surface area (Å²) in [7, 11) is 0. The van der Waals surface area contributed by atoms with E-state index in [1.54, 1.807) is 0 Å². The topological polar surface area (TPSA) is 41.6 Å². The van der Waals surface area contributed by atoms with Crippen molar-refractivity contribution in [1.29, 1.82) is 0 Å². The van der Waals surface area contributed by atoms with Crippen molar-refractivity contribution in [2.24, 2.45) is 11.8 Å². The zero-order valence-corrected chi connectivity index (χ0v) is 12.5. The van der Waals surface area contributed by atoms with Gasteiger partial charge in [0, 0.05) is 18.5 Å². The predicted molar refractivity (Wildman–Crippen MR) is 76.0 cm³/mol. The highest BCUT2D eigenvalue weighted by Crippen LogP contribution is 2.23. The lowest BCUT2D eigenvalue weighted by molar-refractivity contribution is -0.146. The molecule has 2 saturated heterocycles. The molecule has 2 aliphatic heterocycles. The zero-order chi connectivity index (χ0) is 13.8. The molecule has 2 aliphatic rings. The monoisotopic (exact) mass is 268 g/mol. The van der Waals surface area contributed by atoms with Gasteiger partial charge in [0.15, 0.2) is 0 Å². The van der Waals surface area contributed by atoms with Crippen LogP contribution in [-0.2, 0) is 9.53 Å². The van der Waals surface area contributed by atoms with Crippen molar-refractivity contribution in [3.8, 4) is 0 Å². The highest BCUT2D eigenvalue weighted by molar-refractivity contribution is 5.79. The number of carbonyl (C=O) groups excluding carboxylic acids is 1. The smallest absolute Gasteiger partial charge is 0.226 e. The van der Waals surface area contributed by atoms with Crippen molar-refractivity contribution < 1.29 is 9.53 Å². The summed E-state index contributed by atoms with van der Waals surface area (Å²) in [5.41, 5.74) is 0. The molecule has 1 amide bonds. The highest BCUT2D eigenvalue weighted by atomic mass is 16.5. The van der Waals surface area contributed by atoms with Crippen LogP contribution in [0.4, 0.5) is 0 Å². The summed E-state index contributed by atoms with van der Waals surface area (Å²) in [5, 5.41) is 3.42. The van der Waals surface area contributed by atoms with E-state index in [9.17, 15) is 4.79 Å². The number of nitrogens with one attached hydrogen (secondary N) is 1. The second-order valence-corrected chi connectivity index (χ2v) is 6.47. The van der Waals surface area contributed by atoms with Crippen LogP contribution in [-0.4, -0.2) is 49.2 Å². The van der Waals surface area contributed by atoms with E-state index in [1.807, 2.05) is 0 Å². The molecule has 110 valence electrons. The number of amides is 1. The van der Waals surface area contributed by atoms with Crippen molar-refractivity contribution in [1.82, 2.24) is 10.2 Å². The van der Waals surface area contributed by atoms with Gasteiger partial charge in [0.1, 0.15) is 0 Å². The van der Waals surface area contributed by atoms with E-state index in [-0.39, 0.29) is 12.0 Å². The molecule has 4 nitrogen and oxygen atoms in total. The molecular formula is C15H28N2O2. The van der Waals surface area contributed by atoms with Crippen molar-refractivity contribution in [3.05, 3.63) is 0 Å². The van der Waals surface area contributed by atoms with Crippen LogP contribution in [0.2, 0.25) is 0 Å². The summed E-state index contributed by atoms with van der Waals surface area (Å²) < 4.78 is 5.57. The normalized spacial score (nSPS) is 32.6. The SMILES string of the molecule is CC(C)CC1COCCN1C(=O)[C@H]1CCN[C@@H](C)C1. The Bertz CT molecular complexity index is 307. The molecule has 0 aromatic heterocycles. The van der Waals surface area contributed by atoms with Gasteiger partial charge in [-0.3, -0.25) is 4.79 Å². The van der Waals surface area contributed by atoms with E-state index in [1.165, 1.54) is 0 Å². The minimum absolute atomic E-state index is 0.212. The minimum Gasteiger partial charge on any atom is -0.377 e. The Kier molecular flexibility index (Phi) is 5.22. The lowest BCUT2D eigenvalue weighted by atomic mass is 9.90. The Hall–Kier alpha value is -0.610. The van der Waals surface area contributed by atoms with Crippen molar-refractivity contribution >= 4 is 5.91 Å². The number of rotatable bonds is 3. The van der Waals surface area contributed by atoms with E-state index in [0.29, 0.717) is 31.1 Å². The van der Waals surface area contributed by atoms with Crippen LogP contribution in [0.1, 0.15) is 40.0 Å². The molecular weight excluding hydrogens is 240 g/mol. The third-order valence-electron chi connectivity index (χ3n) is 4.23. The third kappa shape index (κ3) is 3.93. The number of nitrogens with zero attached hydrogens (tertiary/aromatic N) is 1. The summed E-state index contributed by atoms with van der Waals surface area (Å²) in [6.07, 6.45) is 3.01. The van der Waals surface area contributed by atoms with E-state index >= 15 is 0 Å². The molecule has 0 radical (unpaired) electrons. The molecule has 2 rings (SSSR count). The van der Waals surface area contributed by atoms with Gasteiger partial charge in [0.25, 0.3) is 0 Å². The molecule has 4 heteroatoms. The summed E-state index contributed by atoms with van der Waals surface area (Å²) in [5.74, 6) is 1.18. The third-order valence-corrected chi connectivity index (χ3v) is 4.23.